The van der Waals surface area contributed by atoms with E-state index in [0.717, 1.165) is 10.2 Å². The van der Waals surface area contributed by atoms with Crippen molar-refractivity contribution >= 4 is 56.8 Å². The van der Waals surface area contributed by atoms with Crippen molar-refractivity contribution in [1.82, 2.24) is 20.1 Å². The normalized spacial score (nSPS) is 10.6. The first-order chi connectivity index (χ1) is 17.4. The van der Waals surface area contributed by atoms with Crippen LogP contribution in [0.4, 0.5) is 5.69 Å². The Labute approximate surface area is 225 Å². The first-order valence-electron chi connectivity index (χ1n) is 10.7. The molecule has 0 fully saturated rings. The van der Waals surface area contributed by atoms with E-state index in [1.807, 2.05) is 36.4 Å². The van der Waals surface area contributed by atoms with E-state index in [9.17, 15) is 9.59 Å². The van der Waals surface area contributed by atoms with Gasteiger partial charge in [-0.25, -0.2) is 0 Å². The van der Waals surface area contributed by atoms with E-state index in [4.69, 9.17) is 16.3 Å². The van der Waals surface area contributed by atoms with Crippen LogP contribution in [0.25, 0.3) is 5.69 Å². The quantitative estimate of drug-likeness (QED) is 0.257. The maximum atomic E-state index is 12.6. The third kappa shape index (κ3) is 6.66. The maximum absolute atomic E-state index is 12.6. The Balaban J connectivity index is 1.49. The first-order valence-corrected chi connectivity index (χ1v) is 12.9. The summed E-state index contributed by atoms with van der Waals surface area (Å²) in [6.45, 7) is 0.121. The number of nitrogens with zero attached hydrogens (tertiary/aromatic N) is 3. The van der Waals surface area contributed by atoms with Crippen molar-refractivity contribution in [2.24, 2.45) is 0 Å². The van der Waals surface area contributed by atoms with Gasteiger partial charge < -0.3 is 15.4 Å². The Kier molecular flexibility index (Phi) is 8.63. The average Bonchev–Trinajstić information content (AvgIpc) is 3.30. The summed E-state index contributed by atoms with van der Waals surface area (Å²) in [5.41, 5.74) is 1.91. The van der Waals surface area contributed by atoms with Gasteiger partial charge in [0.15, 0.2) is 11.0 Å². The molecule has 0 radical (unpaired) electrons. The molecule has 0 bridgehead atoms. The van der Waals surface area contributed by atoms with Gasteiger partial charge in [-0.2, -0.15) is 0 Å². The fourth-order valence-electron chi connectivity index (χ4n) is 3.25. The summed E-state index contributed by atoms with van der Waals surface area (Å²) in [6, 6.07) is 21.3. The Morgan fingerprint density at radius 1 is 1.06 bits per heavy atom. The number of methoxy groups -OCH3 is 1. The molecule has 2 amide bonds. The molecule has 36 heavy (non-hydrogen) atoms. The van der Waals surface area contributed by atoms with Gasteiger partial charge in [0.25, 0.3) is 5.91 Å². The number of hydrogen-bond acceptors (Lipinski definition) is 6. The van der Waals surface area contributed by atoms with Crippen molar-refractivity contribution < 1.29 is 14.3 Å². The van der Waals surface area contributed by atoms with Gasteiger partial charge in [0.1, 0.15) is 5.75 Å². The fourth-order valence-corrected chi connectivity index (χ4v) is 4.47. The number of rotatable bonds is 9. The summed E-state index contributed by atoms with van der Waals surface area (Å²) < 4.78 is 7.84. The molecule has 4 aromatic rings. The van der Waals surface area contributed by atoms with E-state index < -0.39 is 0 Å². The van der Waals surface area contributed by atoms with Crippen molar-refractivity contribution in [3.8, 4) is 11.4 Å². The summed E-state index contributed by atoms with van der Waals surface area (Å²) in [5, 5.41) is 15.3. The van der Waals surface area contributed by atoms with Gasteiger partial charge in [-0.05, 0) is 66.7 Å². The van der Waals surface area contributed by atoms with E-state index in [0.29, 0.717) is 33.0 Å². The van der Waals surface area contributed by atoms with Gasteiger partial charge in [-0.3, -0.25) is 14.2 Å². The van der Waals surface area contributed by atoms with Crippen LogP contribution in [-0.4, -0.2) is 39.4 Å². The lowest BCUT2D eigenvalue weighted by molar-refractivity contribution is -0.113. The minimum Gasteiger partial charge on any atom is -0.497 e. The van der Waals surface area contributed by atoms with Crippen LogP contribution in [0.15, 0.2) is 82.4 Å². The first kappa shape index (κ1) is 25.7. The standard InChI is InChI=1S/C25H21BrClN5O3S/c1-35-21-11-5-16(6-12-21)24(34)28-14-22-30-31-25(32(22)20-4-2-3-18(27)13-20)36-15-23(33)29-19-9-7-17(26)8-10-19/h2-13H,14-15H2,1H3,(H,28,34)(H,29,33). The number of nitrogens with one attached hydrogen (secondary N) is 2. The summed E-state index contributed by atoms with van der Waals surface area (Å²) >= 11 is 10.8. The van der Waals surface area contributed by atoms with Crippen LogP contribution in [-0.2, 0) is 11.3 Å². The molecule has 3 aromatic carbocycles. The highest BCUT2D eigenvalue weighted by Gasteiger charge is 2.17. The van der Waals surface area contributed by atoms with Crippen molar-refractivity contribution in [1.29, 1.82) is 0 Å². The molecular formula is C25H21BrClN5O3S. The number of carbonyl (C=O) groups excluding carboxylic acids is 2. The summed E-state index contributed by atoms with van der Waals surface area (Å²) in [6.07, 6.45) is 0. The van der Waals surface area contributed by atoms with Crippen LogP contribution in [0.3, 0.4) is 0 Å². The smallest absolute Gasteiger partial charge is 0.251 e. The number of carbonyl (C=O) groups is 2. The molecule has 11 heteroatoms. The third-order valence-electron chi connectivity index (χ3n) is 4.99. The minimum atomic E-state index is -0.263. The monoisotopic (exact) mass is 585 g/mol. The lowest BCUT2D eigenvalue weighted by Gasteiger charge is -2.12. The zero-order chi connectivity index (χ0) is 25.5. The predicted octanol–water partition coefficient (Wildman–Crippen LogP) is 5.35. The van der Waals surface area contributed by atoms with Crippen LogP contribution in [0, 0.1) is 0 Å². The van der Waals surface area contributed by atoms with Crippen molar-refractivity contribution in [3.63, 3.8) is 0 Å². The van der Waals surface area contributed by atoms with E-state index in [2.05, 4.69) is 36.8 Å². The van der Waals surface area contributed by atoms with Crippen LogP contribution in [0.2, 0.25) is 5.02 Å². The van der Waals surface area contributed by atoms with E-state index >= 15 is 0 Å². The van der Waals surface area contributed by atoms with Crippen LogP contribution >= 0.6 is 39.3 Å². The molecule has 2 N–H and O–H groups in total. The second-order valence-corrected chi connectivity index (χ2v) is 9.76. The molecule has 0 saturated carbocycles. The van der Waals surface area contributed by atoms with Gasteiger partial charge in [-0.15, -0.1) is 10.2 Å². The SMILES string of the molecule is COc1ccc(C(=O)NCc2nnc(SCC(=O)Nc3ccc(Br)cc3)n2-c2cccc(Cl)c2)cc1. The zero-order valence-corrected chi connectivity index (χ0v) is 22.2. The van der Waals surface area contributed by atoms with Gasteiger partial charge >= 0.3 is 0 Å². The van der Waals surface area contributed by atoms with E-state index in [1.54, 1.807) is 48.1 Å². The van der Waals surface area contributed by atoms with Crippen molar-refractivity contribution in [2.75, 3.05) is 18.2 Å². The minimum absolute atomic E-state index is 0.118. The molecule has 1 aromatic heterocycles. The number of hydrogen-bond donors (Lipinski definition) is 2. The Morgan fingerprint density at radius 2 is 1.81 bits per heavy atom. The lowest BCUT2D eigenvalue weighted by Crippen LogP contribution is -2.24. The highest BCUT2D eigenvalue weighted by Crippen LogP contribution is 2.24. The van der Waals surface area contributed by atoms with E-state index in [-0.39, 0.29) is 24.1 Å². The molecule has 184 valence electrons. The van der Waals surface area contributed by atoms with Crippen LogP contribution in [0.5, 0.6) is 5.75 Å². The lowest BCUT2D eigenvalue weighted by atomic mass is 10.2. The Hall–Kier alpha value is -3.34. The molecule has 0 aliphatic heterocycles. The number of halogens is 2. The highest BCUT2D eigenvalue weighted by molar-refractivity contribution is 9.10. The molecule has 8 nitrogen and oxygen atoms in total. The molecule has 0 spiro atoms. The fraction of sp³-hybridized carbons (Fsp3) is 0.120. The number of thioether (sulfide) groups is 1. The molecule has 0 aliphatic carbocycles. The summed E-state index contributed by atoms with van der Waals surface area (Å²) in [4.78, 5) is 25.2. The molecule has 4 rings (SSSR count). The van der Waals surface area contributed by atoms with Crippen LogP contribution in [0.1, 0.15) is 16.2 Å². The van der Waals surface area contributed by atoms with E-state index in [1.165, 1.54) is 11.8 Å². The van der Waals surface area contributed by atoms with Crippen molar-refractivity contribution in [3.05, 3.63) is 93.7 Å². The number of amides is 2. The Bertz CT molecular complexity index is 1360. The van der Waals surface area contributed by atoms with Gasteiger partial charge in [0.2, 0.25) is 5.91 Å². The number of ether oxygens (including phenoxy) is 1. The molecule has 0 unspecified atom stereocenters. The molecule has 0 aliphatic rings. The number of anilines is 1. The predicted molar refractivity (Wildman–Crippen MR) is 144 cm³/mol. The van der Waals surface area contributed by atoms with Gasteiger partial charge in [0, 0.05) is 20.7 Å². The van der Waals surface area contributed by atoms with Gasteiger partial charge in [-0.1, -0.05) is 45.4 Å². The maximum Gasteiger partial charge on any atom is 0.251 e. The number of aromatic nitrogens is 3. The highest BCUT2D eigenvalue weighted by atomic mass is 79.9. The van der Waals surface area contributed by atoms with Crippen molar-refractivity contribution in [2.45, 2.75) is 11.7 Å². The molecule has 1 heterocycles. The molecule has 0 saturated heterocycles. The molecule has 0 atom stereocenters. The summed E-state index contributed by atoms with van der Waals surface area (Å²) in [5.74, 6) is 0.833. The topological polar surface area (TPSA) is 98.1 Å². The largest absolute Gasteiger partial charge is 0.497 e. The second kappa shape index (κ2) is 12.1. The average molecular weight is 587 g/mol. The summed E-state index contributed by atoms with van der Waals surface area (Å²) in [7, 11) is 1.57. The number of benzene rings is 3. The third-order valence-corrected chi connectivity index (χ3v) is 6.68. The molecular weight excluding hydrogens is 566 g/mol. The Morgan fingerprint density at radius 3 is 2.50 bits per heavy atom. The van der Waals surface area contributed by atoms with Crippen LogP contribution < -0.4 is 15.4 Å². The van der Waals surface area contributed by atoms with Gasteiger partial charge in [0.05, 0.1) is 25.1 Å². The zero-order valence-electron chi connectivity index (χ0n) is 19.1. The second-order valence-electron chi connectivity index (χ2n) is 7.47.